The Morgan fingerprint density at radius 3 is 3.00 bits per heavy atom. The normalized spacial score (nSPS) is 9.58. The molecular formula is C13H10ClN3OS. The van der Waals surface area contributed by atoms with Gasteiger partial charge in [-0.3, -0.25) is 10.1 Å². The number of halogens is 1. The van der Waals surface area contributed by atoms with Gasteiger partial charge in [0.05, 0.1) is 11.6 Å². The second kappa shape index (κ2) is 6.34. The molecule has 0 radical (unpaired) electrons. The van der Waals surface area contributed by atoms with Crippen LogP contribution >= 0.6 is 22.9 Å². The van der Waals surface area contributed by atoms with Gasteiger partial charge in [-0.25, -0.2) is 4.98 Å². The van der Waals surface area contributed by atoms with Gasteiger partial charge in [-0.05, 0) is 18.2 Å². The Balaban J connectivity index is 2.17. The SMILES string of the molecule is NCC#Cc1ccc(C(=O)Nc2nccs2)cc1Cl. The first kappa shape index (κ1) is 13.6. The maximum Gasteiger partial charge on any atom is 0.257 e. The Hall–Kier alpha value is -1.87. The van der Waals surface area contributed by atoms with E-state index in [1.54, 1.807) is 29.8 Å². The van der Waals surface area contributed by atoms with Crippen molar-refractivity contribution in [2.75, 3.05) is 11.9 Å². The fraction of sp³-hybridized carbons (Fsp3) is 0.0769. The molecule has 4 nitrogen and oxygen atoms in total. The molecule has 1 aromatic carbocycles. The standard InChI is InChI=1S/C13H10ClN3OS/c14-11-8-10(4-3-9(11)2-1-5-15)12(18)17-13-16-6-7-19-13/h3-4,6-8H,5,15H2,(H,16,17,18). The molecule has 0 aliphatic heterocycles. The number of nitrogens with two attached hydrogens (primary N) is 1. The molecule has 0 saturated carbocycles. The Labute approximate surface area is 119 Å². The summed E-state index contributed by atoms with van der Waals surface area (Å²) in [6.45, 7) is 0.266. The Morgan fingerprint density at radius 2 is 2.37 bits per heavy atom. The van der Waals surface area contributed by atoms with E-state index in [9.17, 15) is 4.79 Å². The number of rotatable bonds is 2. The summed E-state index contributed by atoms with van der Waals surface area (Å²) in [5.41, 5.74) is 6.40. The highest BCUT2D eigenvalue weighted by Crippen LogP contribution is 2.18. The zero-order chi connectivity index (χ0) is 13.7. The van der Waals surface area contributed by atoms with E-state index in [1.807, 2.05) is 0 Å². The number of thiazole rings is 1. The number of aromatic nitrogens is 1. The zero-order valence-electron chi connectivity index (χ0n) is 9.81. The second-order valence-electron chi connectivity index (χ2n) is 3.49. The summed E-state index contributed by atoms with van der Waals surface area (Å²) in [4.78, 5) is 15.9. The van der Waals surface area contributed by atoms with E-state index in [2.05, 4.69) is 22.1 Å². The molecule has 0 saturated heterocycles. The van der Waals surface area contributed by atoms with Crippen LogP contribution in [-0.2, 0) is 0 Å². The van der Waals surface area contributed by atoms with Crippen LogP contribution < -0.4 is 11.1 Å². The summed E-state index contributed by atoms with van der Waals surface area (Å²) >= 11 is 7.41. The summed E-state index contributed by atoms with van der Waals surface area (Å²) in [7, 11) is 0. The number of anilines is 1. The van der Waals surface area contributed by atoms with Crippen LogP contribution in [0.5, 0.6) is 0 Å². The molecule has 2 rings (SSSR count). The maximum absolute atomic E-state index is 11.9. The number of nitrogens with zero attached hydrogens (tertiary/aromatic N) is 1. The molecule has 0 bridgehead atoms. The average Bonchev–Trinajstić information content (AvgIpc) is 2.90. The molecule has 0 atom stereocenters. The fourth-order valence-corrected chi connectivity index (χ4v) is 2.11. The highest BCUT2D eigenvalue weighted by Gasteiger charge is 2.09. The van der Waals surface area contributed by atoms with Crippen LogP contribution in [-0.4, -0.2) is 17.4 Å². The molecule has 0 aliphatic carbocycles. The van der Waals surface area contributed by atoms with E-state index in [4.69, 9.17) is 17.3 Å². The molecule has 1 amide bonds. The summed E-state index contributed by atoms with van der Waals surface area (Å²) in [6.07, 6.45) is 1.62. The number of carbonyl (C=O) groups is 1. The molecular weight excluding hydrogens is 282 g/mol. The Morgan fingerprint density at radius 1 is 1.53 bits per heavy atom. The van der Waals surface area contributed by atoms with Gasteiger partial charge in [-0.1, -0.05) is 23.4 Å². The molecule has 0 spiro atoms. The van der Waals surface area contributed by atoms with Gasteiger partial charge < -0.3 is 5.73 Å². The minimum Gasteiger partial charge on any atom is -0.320 e. The second-order valence-corrected chi connectivity index (χ2v) is 4.79. The van der Waals surface area contributed by atoms with Crippen LogP contribution in [0.15, 0.2) is 29.8 Å². The molecule has 19 heavy (non-hydrogen) atoms. The average molecular weight is 292 g/mol. The minimum atomic E-state index is -0.254. The van der Waals surface area contributed by atoms with Crippen LogP contribution in [0.3, 0.4) is 0 Å². The minimum absolute atomic E-state index is 0.254. The lowest BCUT2D eigenvalue weighted by Gasteiger charge is -2.03. The van der Waals surface area contributed by atoms with Gasteiger partial charge in [0.15, 0.2) is 5.13 Å². The highest BCUT2D eigenvalue weighted by molar-refractivity contribution is 7.13. The molecule has 0 aliphatic rings. The van der Waals surface area contributed by atoms with Crippen molar-refractivity contribution in [3.05, 3.63) is 45.9 Å². The van der Waals surface area contributed by atoms with Crippen LogP contribution in [0.25, 0.3) is 0 Å². The van der Waals surface area contributed by atoms with Crippen molar-refractivity contribution in [1.82, 2.24) is 4.98 Å². The van der Waals surface area contributed by atoms with Gasteiger partial charge in [-0.15, -0.1) is 11.3 Å². The molecule has 0 unspecified atom stereocenters. The van der Waals surface area contributed by atoms with Crippen molar-refractivity contribution in [2.24, 2.45) is 5.73 Å². The van der Waals surface area contributed by atoms with E-state index in [0.29, 0.717) is 21.3 Å². The Kier molecular flexibility index (Phi) is 4.53. The van der Waals surface area contributed by atoms with Crippen LogP contribution in [0.2, 0.25) is 5.02 Å². The number of hydrogen-bond acceptors (Lipinski definition) is 4. The molecule has 6 heteroatoms. The summed E-state index contributed by atoms with van der Waals surface area (Å²) < 4.78 is 0. The Bertz CT molecular complexity index is 644. The highest BCUT2D eigenvalue weighted by atomic mass is 35.5. The van der Waals surface area contributed by atoms with Gasteiger partial charge in [0.1, 0.15) is 0 Å². The van der Waals surface area contributed by atoms with Crippen molar-refractivity contribution in [2.45, 2.75) is 0 Å². The predicted molar refractivity (Wildman–Crippen MR) is 77.5 cm³/mol. The number of hydrogen-bond donors (Lipinski definition) is 2. The van der Waals surface area contributed by atoms with Crippen molar-refractivity contribution < 1.29 is 4.79 Å². The first-order valence-electron chi connectivity index (χ1n) is 5.40. The lowest BCUT2D eigenvalue weighted by atomic mass is 10.1. The first-order chi connectivity index (χ1) is 9.20. The van der Waals surface area contributed by atoms with Gasteiger partial charge >= 0.3 is 0 Å². The lowest BCUT2D eigenvalue weighted by molar-refractivity contribution is 0.102. The third-order valence-electron chi connectivity index (χ3n) is 2.21. The number of benzene rings is 1. The van der Waals surface area contributed by atoms with Crippen molar-refractivity contribution >= 4 is 34.0 Å². The summed E-state index contributed by atoms with van der Waals surface area (Å²) in [6, 6.07) is 4.93. The van der Waals surface area contributed by atoms with Crippen molar-refractivity contribution in [3.63, 3.8) is 0 Å². The van der Waals surface area contributed by atoms with E-state index in [-0.39, 0.29) is 12.5 Å². The number of nitrogens with one attached hydrogen (secondary N) is 1. The predicted octanol–water partition coefficient (Wildman–Crippen LogP) is 2.36. The number of carbonyl (C=O) groups excluding carboxylic acids is 1. The van der Waals surface area contributed by atoms with Crippen LogP contribution in [0.1, 0.15) is 15.9 Å². The lowest BCUT2D eigenvalue weighted by Crippen LogP contribution is -2.11. The molecule has 0 fully saturated rings. The van der Waals surface area contributed by atoms with E-state index in [0.717, 1.165) is 0 Å². The van der Waals surface area contributed by atoms with Gasteiger partial charge in [0, 0.05) is 22.7 Å². The zero-order valence-corrected chi connectivity index (χ0v) is 11.4. The first-order valence-corrected chi connectivity index (χ1v) is 6.66. The topological polar surface area (TPSA) is 68.0 Å². The van der Waals surface area contributed by atoms with Gasteiger partial charge in [0.25, 0.3) is 5.91 Å². The van der Waals surface area contributed by atoms with E-state index in [1.165, 1.54) is 11.3 Å². The monoisotopic (exact) mass is 291 g/mol. The quantitative estimate of drug-likeness (QED) is 0.835. The van der Waals surface area contributed by atoms with Crippen LogP contribution in [0, 0.1) is 11.8 Å². The summed E-state index contributed by atoms with van der Waals surface area (Å²) in [5, 5.41) is 5.44. The third-order valence-corrected chi connectivity index (χ3v) is 3.21. The maximum atomic E-state index is 11.9. The van der Waals surface area contributed by atoms with E-state index < -0.39 is 0 Å². The van der Waals surface area contributed by atoms with Gasteiger partial charge in [-0.2, -0.15) is 0 Å². The van der Waals surface area contributed by atoms with Gasteiger partial charge in [0.2, 0.25) is 0 Å². The fourth-order valence-electron chi connectivity index (χ4n) is 1.36. The molecule has 96 valence electrons. The molecule has 2 aromatic rings. The van der Waals surface area contributed by atoms with Crippen LogP contribution in [0.4, 0.5) is 5.13 Å². The molecule has 1 heterocycles. The molecule has 1 aromatic heterocycles. The molecule has 3 N–H and O–H groups in total. The van der Waals surface area contributed by atoms with E-state index >= 15 is 0 Å². The summed E-state index contributed by atoms with van der Waals surface area (Å²) in [5.74, 6) is 5.30. The number of amides is 1. The largest absolute Gasteiger partial charge is 0.320 e. The van der Waals surface area contributed by atoms with Crippen molar-refractivity contribution in [3.8, 4) is 11.8 Å². The smallest absolute Gasteiger partial charge is 0.257 e. The third kappa shape index (κ3) is 3.55. The van der Waals surface area contributed by atoms with Crippen molar-refractivity contribution in [1.29, 1.82) is 0 Å².